The first kappa shape index (κ1) is 22.5. The van der Waals surface area contributed by atoms with E-state index in [0.29, 0.717) is 28.7 Å². The fourth-order valence-electron chi connectivity index (χ4n) is 4.53. The molecule has 34 heavy (non-hydrogen) atoms. The molecule has 0 saturated heterocycles. The first-order valence-corrected chi connectivity index (χ1v) is 10.9. The molecule has 2 N–H and O–H groups in total. The zero-order valence-corrected chi connectivity index (χ0v) is 17.8. The summed E-state index contributed by atoms with van der Waals surface area (Å²) in [7, 11) is 0. The summed E-state index contributed by atoms with van der Waals surface area (Å²) in [6.45, 7) is 0. The van der Waals surface area contributed by atoms with Gasteiger partial charge in [-0.25, -0.2) is 9.97 Å². The van der Waals surface area contributed by atoms with Crippen molar-refractivity contribution in [2.24, 2.45) is 0 Å². The number of pyridine rings is 1. The molecule has 0 atom stereocenters. The van der Waals surface area contributed by atoms with Crippen LogP contribution in [0.25, 0.3) is 21.9 Å². The molecule has 0 unspecified atom stereocenters. The Balaban J connectivity index is 1.65. The number of nitrogens with one attached hydrogen (secondary N) is 2. The molecular formula is C24H20F6N4. The van der Waals surface area contributed by atoms with E-state index < -0.39 is 23.5 Å². The number of aromatic nitrogens is 3. The molecule has 0 spiro atoms. The number of rotatable bonds is 3. The SMILES string of the molecule is FC(F)(F)c1cc(Nc2nc3ccccc3c3nc(C4CCCCC4)[nH]c23)cc(C(F)(F)F)c1. The van der Waals surface area contributed by atoms with Gasteiger partial charge in [-0.2, -0.15) is 26.3 Å². The van der Waals surface area contributed by atoms with Crippen molar-refractivity contribution in [3.8, 4) is 0 Å². The number of aromatic amines is 1. The van der Waals surface area contributed by atoms with Crippen molar-refractivity contribution in [1.82, 2.24) is 15.0 Å². The lowest BCUT2D eigenvalue weighted by molar-refractivity contribution is -0.143. The van der Waals surface area contributed by atoms with Crippen molar-refractivity contribution in [1.29, 1.82) is 0 Å². The summed E-state index contributed by atoms with van der Waals surface area (Å²) >= 11 is 0. The molecular weight excluding hydrogens is 458 g/mol. The first-order valence-electron chi connectivity index (χ1n) is 10.9. The number of imidazole rings is 1. The van der Waals surface area contributed by atoms with Gasteiger partial charge in [-0.1, -0.05) is 37.5 Å². The lowest BCUT2D eigenvalue weighted by Gasteiger charge is -2.19. The molecule has 1 aliphatic carbocycles. The quantitative estimate of drug-likeness (QED) is 0.294. The molecule has 1 aliphatic rings. The Morgan fingerprint density at radius 3 is 2.12 bits per heavy atom. The van der Waals surface area contributed by atoms with Gasteiger partial charge in [0.15, 0.2) is 5.82 Å². The third kappa shape index (κ3) is 4.28. The normalized spacial score (nSPS) is 15.8. The average Bonchev–Trinajstić information content (AvgIpc) is 3.25. The van der Waals surface area contributed by atoms with E-state index in [1.54, 1.807) is 12.1 Å². The minimum Gasteiger partial charge on any atom is -0.339 e. The minimum absolute atomic E-state index is 0.103. The van der Waals surface area contributed by atoms with Gasteiger partial charge in [-0.3, -0.25) is 0 Å². The molecule has 4 nitrogen and oxygen atoms in total. The Hall–Kier alpha value is -3.30. The number of alkyl halides is 6. The molecule has 10 heteroatoms. The number of hydrogen-bond acceptors (Lipinski definition) is 3. The third-order valence-electron chi connectivity index (χ3n) is 6.19. The fourth-order valence-corrected chi connectivity index (χ4v) is 4.53. The van der Waals surface area contributed by atoms with Gasteiger partial charge < -0.3 is 10.3 Å². The maximum absolute atomic E-state index is 13.3. The van der Waals surface area contributed by atoms with Gasteiger partial charge >= 0.3 is 12.4 Å². The molecule has 2 aromatic heterocycles. The average molecular weight is 478 g/mol. The highest BCUT2D eigenvalue weighted by Crippen LogP contribution is 2.40. The summed E-state index contributed by atoms with van der Waals surface area (Å²) in [5.74, 6) is 1.10. The van der Waals surface area contributed by atoms with E-state index in [0.717, 1.165) is 43.3 Å². The Morgan fingerprint density at radius 1 is 0.824 bits per heavy atom. The summed E-state index contributed by atoms with van der Waals surface area (Å²) in [4.78, 5) is 12.5. The number of anilines is 2. The molecule has 1 saturated carbocycles. The highest BCUT2D eigenvalue weighted by molar-refractivity contribution is 6.07. The molecule has 178 valence electrons. The number of para-hydroxylation sites is 1. The molecule has 5 rings (SSSR count). The molecule has 0 bridgehead atoms. The summed E-state index contributed by atoms with van der Waals surface area (Å²) in [6, 6.07) is 8.55. The predicted molar refractivity (Wildman–Crippen MR) is 117 cm³/mol. The van der Waals surface area contributed by atoms with Crippen LogP contribution < -0.4 is 5.32 Å². The number of fused-ring (bicyclic) bond motifs is 3. The molecule has 1 fully saturated rings. The first-order chi connectivity index (χ1) is 16.1. The molecule has 0 radical (unpaired) electrons. The second-order valence-corrected chi connectivity index (χ2v) is 8.58. The number of halogens is 6. The third-order valence-corrected chi connectivity index (χ3v) is 6.19. The van der Waals surface area contributed by atoms with Crippen LogP contribution in [0.4, 0.5) is 37.8 Å². The van der Waals surface area contributed by atoms with Crippen LogP contribution in [0.2, 0.25) is 0 Å². The van der Waals surface area contributed by atoms with E-state index in [9.17, 15) is 26.3 Å². The number of nitrogens with zero attached hydrogens (tertiary/aromatic N) is 2. The molecule has 4 aromatic rings. The zero-order valence-electron chi connectivity index (χ0n) is 17.8. The number of benzene rings is 2. The summed E-state index contributed by atoms with van der Waals surface area (Å²) in [6.07, 6.45) is -4.62. The van der Waals surface area contributed by atoms with E-state index in [1.807, 2.05) is 12.1 Å². The lowest BCUT2D eigenvalue weighted by atomic mass is 9.89. The van der Waals surface area contributed by atoms with E-state index in [2.05, 4.69) is 15.3 Å². The van der Waals surface area contributed by atoms with Crippen molar-refractivity contribution in [3.05, 3.63) is 59.4 Å². The van der Waals surface area contributed by atoms with Crippen LogP contribution in [-0.4, -0.2) is 15.0 Å². The van der Waals surface area contributed by atoms with E-state index in [1.165, 1.54) is 0 Å². The second-order valence-electron chi connectivity index (χ2n) is 8.58. The van der Waals surface area contributed by atoms with Crippen LogP contribution in [0, 0.1) is 0 Å². The highest BCUT2D eigenvalue weighted by Gasteiger charge is 2.37. The van der Waals surface area contributed by atoms with Crippen LogP contribution in [0.1, 0.15) is 55.0 Å². The van der Waals surface area contributed by atoms with E-state index >= 15 is 0 Å². The van der Waals surface area contributed by atoms with Gasteiger partial charge in [0, 0.05) is 17.0 Å². The summed E-state index contributed by atoms with van der Waals surface area (Å²) in [5, 5.41) is 3.45. The lowest BCUT2D eigenvalue weighted by Crippen LogP contribution is -2.11. The molecule has 0 aliphatic heterocycles. The predicted octanol–water partition coefficient (Wildman–Crippen LogP) is 7.94. The Labute approximate surface area is 190 Å². The van der Waals surface area contributed by atoms with Gasteiger partial charge in [0.2, 0.25) is 0 Å². The van der Waals surface area contributed by atoms with Crippen molar-refractivity contribution in [2.75, 3.05) is 5.32 Å². The van der Waals surface area contributed by atoms with Crippen LogP contribution >= 0.6 is 0 Å². The van der Waals surface area contributed by atoms with Gasteiger partial charge in [0.1, 0.15) is 16.9 Å². The summed E-state index contributed by atoms with van der Waals surface area (Å²) in [5.41, 5.74) is -1.59. The van der Waals surface area contributed by atoms with Crippen LogP contribution in [0.3, 0.4) is 0 Å². The highest BCUT2D eigenvalue weighted by atomic mass is 19.4. The smallest absolute Gasteiger partial charge is 0.339 e. The molecule has 0 amide bonds. The van der Waals surface area contributed by atoms with Gasteiger partial charge in [-0.05, 0) is 37.1 Å². The molecule has 2 heterocycles. The van der Waals surface area contributed by atoms with Gasteiger partial charge in [0.05, 0.1) is 16.6 Å². The van der Waals surface area contributed by atoms with Crippen LogP contribution in [-0.2, 0) is 12.4 Å². The largest absolute Gasteiger partial charge is 0.416 e. The van der Waals surface area contributed by atoms with Crippen molar-refractivity contribution in [3.63, 3.8) is 0 Å². The standard InChI is InChI=1S/C24H20F6N4/c25-23(26,27)14-10-15(24(28,29)30)12-16(11-14)31-22-20-19(17-8-4-5-9-18(17)32-22)33-21(34-20)13-6-2-1-3-7-13/h4-5,8-13H,1-3,6-7H2,(H,31,32)(H,33,34). The summed E-state index contributed by atoms with van der Waals surface area (Å²) < 4.78 is 79.9. The van der Waals surface area contributed by atoms with E-state index in [-0.39, 0.29) is 23.5 Å². The zero-order chi connectivity index (χ0) is 24.1. The van der Waals surface area contributed by atoms with Gasteiger partial charge in [-0.15, -0.1) is 0 Å². The molecule has 2 aromatic carbocycles. The van der Waals surface area contributed by atoms with Crippen molar-refractivity contribution in [2.45, 2.75) is 50.4 Å². The Kier molecular flexibility index (Phi) is 5.41. The van der Waals surface area contributed by atoms with Gasteiger partial charge in [0.25, 0.3) is 0 Å². The fraction of sp³-hybridized carbons (Fsp3) is 0.333. The number of H-pyrrole nitrogens is 1. The Morgan fingerprint density at radius 2 is 1.47 bits per heavy atom. The van der Waals surface area contributed by atoms with Crippen LogP contribution in [0.5, 0.6) is 0 Å². The number of hydrogen-bond donors (Lipinski definition) is 2. The minimum atomic E-state index is -4.94. The maximum atomic E-state index is 13.3. The maximum Gasteiger partial charge on any atom is 0.416 e. The Bertz CT molecular complexity index is 1320. The van der Waals surface area contributed by atoms with E-state index in [4.69, 9.17) is 4.98 Å². The topological polar surface area (TPSA) is 53.6 Å². The van der Waals surface area contributed by atoms with Crippen molar-refractivity contribution >= 4 is 33.4 Å². The monoisotopic (exact) mass is 478 g/mol. The van der Waals surface area contributed by atoms with Crippen molar-refractivity contribution < 1.29 is 26.3 Å². The van der Waals surface area contributed by atoms with Crippen LogP contribution in [0.15, 0.2) is 42.5 Å². The second kappa shape index (κ2) is 8.18.